The van der Waals surface area contributed by atoms with Crippen LogP contribution in [-0.2, 0) is 4.79 Å². The molecule has 2 rings (SSSR count). The Hall–Kier alpha value is -3.33. The average Bonchev–Trinajstić information content (AvgIpc) is 2.49. The molecule has 23 heavy (non-hydrogen) atoms. The number of hydrazone groups is 1. The number of carboxylic acids is 1. The summed E-state index contributed by atoms with van der Waals surface area (Å²) >= 11 is 0. The Bertz CT molecular complexity index is 794. The molecular formula is C17H16N4O2. The Morgan fingerprint density at radius 2 is 1.91 bits per heavy atom. The zero-order valence-electron chi connectivity index (χ0n) is 12.8. The van der Waals surface area contributed by atoms with Crippen LogP contribution in [-0.4, -0.2) is 16.8 Å². The van der Waals surface area contributed by atoms with Crippen LogP contribution < -0.4 is 11.2 Å². The Morgan fingerprint density at radius 3 is 2.43 bits per heavy atom. The highest BCUT2D eigenvalue weighted by atomic mass is 16.4. The number of nitrogens with two attached hydrogens (primary N) is 1. The molecule has 0 saturated carbocycles. The number of anilines is 2. The summed E-state index contributed by atoms with van der Waals surface area (Å²) in [4.78, 5) is 11.5. The number of hydrogen-bond donors (Lipinski definition) is 3. The minimum atomic E-state index is -1.19. The van der Waals surface area contributed by atoms with Crippen molar-refractivity contribution < 1.29 is 9.90 Å². The lowest BCUT2D eigenvalue weighted by atomic mass is 10.0. The van der Waals surface area contributed by atoms with Crippen LogP contribution in [0.1, 0.15) is 22.3 Å². The summed E-state index contributed by atoms with van der Waals surface area (Å²) in [5.41, 5.74) is 11.6. The quantitative estimate of drug-likeness (QED) is 0.457. The molecule has 0 heterocycles. The molecule has 6 nitrogen and oxygen atoms in total. The van der Waals surface area contributed by atoms with Crippen molar-refractivity contribution in [3.8, 4) is 6.07 Å². The number of benzene rings is 2. The summed E-state index contributed by atoms with van der Waals surface area (Å²) in [6.45, 7) is 3.66. The van der Waals surface area contributed by atoms with Crippen LogP contribution in [0.2, 0.25) is 0 Å². The fraction of sp³-hybridized carbons (Fsp3) is 0.118. The van der Waals surface area contributed by atoms with Gasteiger partial charge in [0, 0.05) is 5.56 Å². The molecule has 0 atom stereocenters. The third-order valence-electron chi connectivity index (χ3n) is 3.30. The molecule has 6 heteroatoms. The lowest BCUT2D eigenvalue weighted by molar-refractivity contribution is -0.129. The predicted octanol–water partition coefficient (Wildman–Crippen LogP) is 2.66. The standard InChI is InChI=1S/C17H16N4O2/c1-10-3-5-13(6-4-10)20-21-16(17(22)23)12-7-11(2)14(9-18)15(19)8-12/h3-8,20H,19H2,1-2H3,(H,22,23)/b21-16+. The third-order valence-corrected chi connectivity index (χ3v) is 3.30. The van der Waals surface area contributed by atoms with Crippen LogP contribution in [0.15, 0.2) is 41.5 Å². The molecule has 0 aliphatic heterocycles. The van der Waals surface area contributed by atoms with Crippen molar-refractivity contribution in [1.29, 1.82) is 5.26 Å². The Kier molecular flexibility index (Phi) is 4.62. The van der Waals surface area contributed by atoms with Gasteiger partial charge in [-0.05, 0) is 43.7 Å². The maximum atomic E-state index is 11.5. The Labute approximate surface area is 133 Å². The second-order valence-corrected chi connectivity index (χ2v) is 5.11. The number of aryl methyl sites for hydroxylation is 2. The van der Waals surface area contributed by atoms with Crippen molar-refractivity contribution in [2.45, 2.75) is 13.8 Å². The molecule has 0 aromatic heterocycles. The van der Waals surface area contributed by atoms with E-state index in [1.165, 1.54) is 6.07 Å². The Balaban J connectivity index is 2.39. The summed E-state index contributed by atoms with van der Waals surface area (Å²) in [7, 11) is 0. The maximum absolute atomic E-state index is 11.5. The monoisotopic (exact) mass is 308 g/mol. The van der Waals surface area contributed by atoms with Gasteiger partial charge in [-0.1, -0.05) is 17.7 Å². The molecule has 0 bridgehead atoms. The van der Waals surface area contributed by atoms with Gasteiger partial charge in [-0.25, -0.2) is 4.79 Å². The zero-order valence-corrected chi connectivity index (χ0v) is 12.8. The molecule has 0 unspecified atom stereocenters. The number of nitrogens with zero attached hydrogens (tertiary/aromatic N) is 2. The van der Waals surface area contributed by atoms with Crippen LogP contribution in [0, 0.1) is 25.2 Å². The molecule has 116 valence electrons. The van der Waals surface area contributed by atoms with Gasteiger partial charge in [-0.15, -0.1) is 0 Å². The van der Waals surface area contributed by atoms with Crippen molar-refractivity contribution in [2.24, 2.45) is 5.10 Å². The molecule has 2 aromatic rings. The van der Waals surface area contributed by atoms with Gasteiger partial charge >= 0.3 is 5.97 Å². The van der Waals surface area contributed by atoms with E-state index in [2.05, 4.69) is 10.5 Å². The first-order valence-electron chi connectivity index (χ1n) is 6.86. The van der Waals surface area contributed by atoms with Crippen LogP contribution in [0.4, 0.5) is 11.4 Å². The van der Waals surface area contributed by atoms with E-state index in [0.29, 0.717) is 22.4 Å². The van der Waals surface area contributed by atoms with Gasteiger partial charge in [0.2, 0.25) is 0 Å². The number of nitrogen functional groups attached to an aromatic ring is 1. The molecule has 0 amide bonds. The normalized spacial score (nSPS) is 10.9. The first-order valence-corrected chi connectivity index (χ1v) is 6.86. The van der Waals surface area contributed by atoms with Crippen molar-refractivity contribution >= 4 is 23.1 Å². The molecule has 0 aliphatic carbocycles. The minimum absolute atomic E-state index is 0.176. The van der Waals surface area contributed by atoms with Crippen LogP contribution in [0.3, 0.4) is 0 Å². The van der Waals surface area contributed by atoms with E-state index in [-0.39, 0.29) is 11.4 Å². The second kappa shape index (κ2) is 6.62. The van der Waals surface area contributed by atoms with Crippen LogP contribution in [0.25, 0.3) is 0 Å². The van der Waals surface area contributed by atoms with Gasteiger partial charge in [0.1, 0.15) is 6.07 Å². The fourth-order valence-electron chi connectivity index (χ4n) is 2.09. The molecule has 4 N–H and O–H groups in total. The van der Waals surface area contributed by atoms with E-state index in [4.69, 9.17) is 11.0 Å². The van der Waals surface area contributed by atoms with E-state index < -0.39 is 5.97 Å². The number of nitriles is 1. The van der Waals surface area contributed by atoms with E-state index in [0.717, 1.165) is 5.56 Å². The van der Waals surface area contributed by atoms with E-state index >= 15 is 0 Å². The molecule has 0 radical (unpaired) electrons. The summed E-state index contributed by atoms with van der Waals surface area (Å²) in [5.74, 6) is -1.19. The topological polar surface area (TPSA) is 111 Å². The molecular weight excluding hydrogens is 292 g/mol. The number of hydrogen-bond acceptors (Lipinski definition) is 5. The lowest BCUT2D eigenvalue weighted by Crippen LogP contribution is -2.17. The predicted molar refractivity (Wildman–Crippen MR) is 89.3 cm³/mol. The number of carboxylic acid groups (broad SMARTS) is 1. The van der Waals surface area contributed by atoms with Crippen molar-refractivity contribution in [2.75, 3.05) is 11.2 Å². The van der Waals surface area contributed by atoms with Gasteiger partial charge in [0.15, 0.2) is 5.71 Å². The Morgan fingerprint density at radius 1 is 1.26 bits per heavy atom. The van der Waals surface area contributed by atoms with Crippen LogP contribution >= 0.6 is 0 Å². The van der Waals surface area contributed by atoms with Gasteiger partial charge in [-0.3, -0.25) is 5.43 Å². The summed E-state index contributed by atoms with van der Waals surface area (Å²) < 4.78 is 0. The average molecular weight is 308 g/mol. The van der Waals surface area contributed by atoms with Crippen molar-refractivity contribution in [3.05, 3.63) is 58.7 Å². The van der Waals surface area contributed by atoms with Crippen LogP contribution in [0.5, 0.6) is 0 Å². The van der Waals surface area contributed by atoms with Gasteiger partial charge < -0.3 is 10.8 Å². The third kappa shape index (κ3) is 3.66. The smallest absolute Gasteiger partial charge is 0.356 e. The second-order valence-electron chi connectivity index (χ2n) is 5.11. The summed E-state index contributed by atoms with van der Waals surface area (Å²) in [6, 6.07) is 12.4. The SMILES string of the molecule is Cc1ccc(N/N=C(/C(=O)O)c2cc(C)c(C#N)c(N)c2)cc1. The highest BCUT2D eigenvalue weighted by molar-refractivity contribution is 6.42. The van der Waals surface area contributed by atoms with E-state index in [1.54, 1.807) is 25.1 Å². The largest absolute Gasteiger partial charge is 0.476 e. The highest BCUT2D eigenvalue weighted by Gasteiger charge is 2.16. The number of aliphatic carboxylic acids is 1. The highest BCUT2D eigenvalue weighted by Crippen LogP contribution is 2.19. The summed E-state index contributed by atoms with van der Waals surface area (Å²) in [5, 5.41) is 22.4. The van der Waals surface area contributed by atoms with Crippen molar-refractivity contribution in [3.63, 3.8) is 0 Å². The van der Waals surface area contributed by atoms with Gasteiger partial charge in [0.05, 0.1) is 16.9 Å². The van der Waals surface area contributed by atoms with E-state index in [9.17, 15) is 9.90 Å². The number of rotatable bonds is 4. The van der Waals surface area contributed by atoms with Crippen molar-refractivity contribution in [1.82, 2.24) is 0 Å². The molecule has 0 spiro atoms. The molecule has 0 aliphatic rings. The number of nitrogens with one attached hydrogen (secondary N) is 1. The first kappa shape index (κ1) is 16.0. The summed E-state index contributed by atoms with van der Waals surface area (Å²) in [6.07, 6.45) is 0. The van der Waals surface area contributed by atoms with E-state index in [1.807, 2.05) is 25.1 Å². The molecule has 0 saturated heterocycles. The fourth-order valence-corrected chi connectivity index (χ4v) is 2.09. The minimum Gasteiger partial charge on any atom is -0.476 e. The molecule has 0 fully saturated rings. The first-order chi connectivity index (χ1) is 10.9. The maximum Gasteiger partial charge on any atom is 0.356 e. The number of carbonyl (C=O) groups is 1. The lowest BCUT2D eigenvalue weighted by Gasteiger charge is -2.08. The molecule has 2 aromatic carbocycles. The van der Waals surface area contributed by atoms with Gasteiger partial charge in [0.25, 0.3) is 0 Å². The zero-order chi connectivity index (χ0) is 17.0. The van der Waals surface area contributed by atoms with Gasteiger partial charge in [-0.2, -0.15) is 10.4 Å².